The lowest BCUT2D eigenvalue weighted by Crippen LogP contribution is -2.39. The van der Waals surface area contributed by atoms with Crippen molar-refractivity contribution in [1.82, 2.24) is 5.32 Å². The summed E-state index contributed by atoms with van der Waals surface area (Å²) in [7, 11) is 0. The fourth-order valence-electron chi connectivity index (χ4n) is 3.45. The molecule has 3 nitrogen and oxygen atoms in total. The SMILES string of the molecule is Cc1ccccc1[C@H](NC(=O)[C@@H](C)Oc1ccc(C(C)(C)C)cc1)c1ccccc1. The van der Waals surface area contributed by atoms with Gasteiger partial charge in [-0.15, -0.1) is 0 Å². The van der Waals surface area contributed by atoms with Crippen LogP contribution in [0.3, 0.4) is 0 Å². The zero-order valence-corrected chi connectivity index (χ0v) is 18.5. The van der Waals surface area contributed by atoms with Gasteiger partial charge in [0, 0.05) is 0 Å². The standard InChI is InChI=1S/C27H31NO2/c1-19-11-9-10-14-24(19)25(21-12-7-6-8-13-21)28-26(29)20(2)30-23-17-15-22(16-18-23)27(3,4)5/h6-18,20,25H,1-5H3,(H,28,29)/t20-,25-/m1/s1. The number of hydrogen-bond donors (Lipinski definition) is 1. The number of carbonyl (C=O) groups is 1. The molecule has 30 heavy (non-hydrogen) atoms. The number of rotatable bonds is 6. The van der Waals surface area contributed by atoms with E-state index in [0.29, 0.717) is 5.75 Å². The molecule has 0 aromatic heterocycles. The average molecular weight is 402 g/mol. The molecule has 3 heteroatoms. The molecule has 0 heterocycles. The molecule has 0 saturated heterocycles. The topological polar surface area (TPSA) is 38.3 Å². The van der Waals surface area contributed by atoms with Crippen molar-refractivity contribution in [2.24, 2.45) is 0 Å². The molecule has 0 aliphatic carbocycles. The van der Waals surface area contributed by atoms with Crippen LogP contribution in [0.25, 0.3) is 0 Å². The van der Waals surface area contributed by atoms with E-state index in [1.54, 1.807) is 6.92 Å². The number of aryl methyl sites for hydroxylation is 1. The Balaban J connectivity index is 1.76. The second kappa shape index (κ2) is 9.17. The van der Waals surface area contributed by atoms with Gasteiger partial charge in [0.25, 0.3) is 5.91 Å². The van der Waals surface area contributed by atoms with Gasteiger partial charge in [0.15, 0.2) is 6.10 Å². The highest BCUT2D eigenvalue weighted by Crippen LogP contribution is 2.26. The molecule has 0 spiro atoms. The first-order valence-corrected chi connectivity index (χ1v) is 10.4. The minimum atomic E-state index is -0.610. The maximum absolute atomic E-state index is 13.0. The van der Waals surface area contributed by atoms with E-state index < -0.39 is 6.10 Å². The summed E-state index contributed by atoms with van der Waals surface area (Å²) < 4.78 is 5.93. The van der Waals surface area contributed by atoms with Crippen molar-refractivity contribution < 1.29 is 9.53 Å². The molecule has 0 saturated carbocycles. The Morgan fingerprint density at radius 3 is 2.07 bits per heavy atom. The van der Waals surface area contributed by atoms with Gasteiger partial charge in [0.1, 0.15) is 5.75 Å². The molecule has 0 unspecified atom stereocenters. The molecule has 0 aliphatic heterocycles. The lowest BCUT2D eigenvalue weighted by molar-refractivity contribution is -0.127. The Kier molecular flexibility index (Phi) is 6.61. The summed E-state index contributed by atoms with van der Waals surface area (Å²) in [6.07, 6.45) is -0.610. The third kappa shape index (κ3) is 5.29. The Morgan fingerprint density at radius 2 is 1.47 bits per heavy atom. The van der Waals surface area contributed by atoms with Crippen molar-refractivity contribution in [2.75, 3.05) is 0 Å². The van der Waals surface area contributed by atoms with Gasteiger partial charge in [0.05, 0.1) is 6.04 Å². The van der Waals surface area contributed by atoms with Gasteiger partial charge in [-0.1, -0.05) is 87.5 Å². The van der Waals surface area contributed by atoms with Crippen molar-refractivity contribution >= 4 is 5.91 Å². The highest BCUT2D eigenvalue weighted by molar-refractivity contribution is 5.81. The van der Waals surface area contributed by atoms with Crippen molar-refractivity contribution in [1.29, 1.82) is 0 Å². The zero-order chi connectivity index (χ0) is 21.7. The second-order valence-corrected chi connectivity index (χ2v) is 8.74. The molecule has 0 fully saturated rings. The molecule has 1 amide bonds. The van der Waals surface area contributed by atoms with Gasteiger partial charge in [0.2, 0.25) is 0 Å². The molecule has 0 aliphatic rings. The molecule has 2 atom stereocenters. The van der Waals surface area contributed by atoms with Crippen LogP contribution in [0.4, 0.5) is 0 Å². The van der Waals surface area contributed by atoms with Crippen LogP contribution in [0.1, 0.15) is 56.0 Å². The van der Waals surface area contributed by atoms with Crippen molar-refractivity contribution in [2.45, 2.75) is 52.2 Å². The predicted octanol–water partition coefficient (Wildman–Crippen LogP) is 5.97. The minimum Gasteiger partial charge on any atom is -0.481 e. The second-order valence-electron chi connectivity index (χ2n) is 8.74. The molecule has 1 N–H and O–H groups in total. The van der Waals surface area contributed by atoms with Crippen LogP contribution in [0, 0.1) is 6.92 Å². The predicted molar refractivity (Wildman–Crippen MR) is 123 cm³/mol. The van der Waals surface area contributed by atoms with Crippen LogP contribution in [-0.2, 0) is 10.2 Å². The zero-order valence-electron chi connectivity index (χ0n) is 18.5. The van der Waals surface area contributed by atoms with E-state index >= 15 is 0 Å². The summed E-state index contributed by atoms with van der Waals surface area (Å²) in [5, 5.41) is 3.18. The molecule has 3 aromatic rings. The van der Waals surface area contributed by atoms with Crippen LogP contribution in [0.5, 0.6) is 5.75 Å². The number of amides is 1. The number of ether oxygens (including phenoxy) is 1. The summed E-state index contributed by atoms with van der Waals surface area (Å²) in [5.74, 6) is 0.546. The highest BCUT2D eigenvalue weighted by Gasteiger charge is 2.23. The molecule has 0 radical (unpaired) electrons. The first-order valence-electron chi connectivity index (χ1n) is 10.4. The van der Waals surface area contributed by atoms with Crippen LogP contribution in [0.2, 0.25) is 0 Å². The molecule has 3 rings (SSSR count). The van der Waals surface area contributed by atoms with E-state index in [4.69, 9.17) is 4.74 Å². The summed E-state index contributed by atoms with van der Waals surface area (Å²) >= 11 is 0. The van der Waals surface area contributed by atoms with E-state index in [1.165, 1.54) is 5.56 Å². The lowest BCUT2D eigenvalue weighted by atomic mass is 9.87. The lowest BCUT2D eigenvalue weighted by Gasteiger charge is -2.24. The summed E-state index contributed by atoms with van der Waals surface area (Å²) in [6, 6.07) is 25.9. The minimum absolute atomic E-state index is 0.0813. The average Bonchev–Trinajstić information content (AvgIpc) is 2.73. The smallest absolute Gasteiger partial charge is 0.261 e. The van der Waals surface area contributed by atoms with E-state index in [9.17, 15) is 4.79 Å². The Hall–Kier alpha value is -3.07. The molecule has 156 valence electrons. The Morgan fingerprint density at radius 1 is 0.867 bits per heavy atom. The van der Waals surface area contributed by atoms with Crippen LogP contribution >= 0.6 is 0 Å². The third-order valence-electron chi connectivity index (χ3n) is 5.32. The summed E-state index contributed by atoms with van der Waals surface area (Å²) in [6.45, 7) is 10.4. The first-order chi connectivity index (χ1) is 14.3. The van der Waals surface area contributed by atoms with E-state index in [0.717, 1.165) is 16.7 Å². The van der Waals surface area contributed by atoms with E-state index in [-0.39, 0.29) is 17.4 Å². The highest BCUT2D eigenvalue weighted by atomic mass is 16.5. The maximum atomic E-state index is 13.0. The maximum Gasteiger partial charge on any atom is 0.261 e. The number of hydrogen-bond acceptors (Lipinski definition) is 2. The van der Waals surface area contributed by atoms with Crippen molar-refractivity contribution in [3.05, 3.63) is 101 Å². The van der Waals surface area contributed by atoms with Gasteiger partial charge in [-0.3, -0.25) is 4.79 Å². The molecular formula is C27H31NO2. The van der Waals surface area contributed by atoms with Crippen molar-refractivity contribution in [3.63, 3.8) is 0 Å². The van der Waals surface area contributed by atoms with Gasteiger partial charge in [-0.2, -0.15) is 0 Å². The fourth-order valence-corrected chi connectivity index (χ4v) is 3.45. The summed E-state index contributed by atoms with van der Waals surface area (Å²) in [5.41, 5.74) is 4.58. The molecule has 3 aromatic carbocycles. The largest absolute Gasteiger partial charge is 0.481 e. The van der Waals surface area contributed by atoms with Crippen LogP contribution < -0.4 is 10.1 Å². The Bertz CT molecular complexity index is 972. The monoisotopic (exact) mass is 401 g/mol. The molecular weight excluding hydrogens is 370 g/mol. The number of carbonyl (C=O) groups excluding carboxylic acids is 1. The van der Waals surface area contributed by atoms with Crippen molar-refractivity contribution in [3.8, 4) is 5.75 Å². The van der Waals surface area contributed by atoms with Gasteiger partial charge in [-0.05, 0) is 53.6 Å². The van der Waals surface area contributed by atoms with E-state index in [2.05, 4.69) is 57.3 Å². The van der Waals surface area contributed by atoms with Gasteiger partial charge >= 0.3 is 0 Å². The normalized spacial score (nSPS) is 13.4. The number of nitrogens with one attached hydrogen (secondary N) is 1. The first kappa shape index (κ1) is 21.6. The van der Waals surface area contributed by atoms with Gasteiger partial charge in [-0.25, -0.2) is 0 Å². The van der Waals surface area contributed by atoms with Gasteiger partial charge < -0.3 is 10.1 Å². The van der Waals surface area contributed by atoms with Crippen LogP contribution in [-0.4, -0.2) is 12.0 Å². The molecule has 0 bridgehead atoms. The van der Waals surface area contributed by atoms with E-state index in [1.807, 2.05) is 54.6 Å². The summed E-state index contributed by atoms with van der Waals surface area (Å²) in [4.78, 5) is 13.0. The fraction of sp³-hybridized carbons (Fsp3) is 0.296. The quantitative estimate of drug-likeness (QED) is 0.553. The third-order valence-corrected chi connectivity index (χ3v) is 5.32. The Labute approximate surface area is 180 Å². The number of benzene rings is 3. The van der Waals surface area contributed by atoms with Crippen LogP contribution in [0.15, 0.2) is 78.9 Å².